The van der Waals surface area contributed by atoms with Crippen LogP contribution in [0, 0.1) is 5.82 Å². The first-order valence-corrected chi connectivity index (χ1v) is 11.6. The van der Waals surface area contributed by atoms with E-state index in [0.717, 1.165) is 40.4 Å². The van der Waals surface area contributed by atoms with E-state index in [4.69, 9.17) is 4.74 Å². The quantitative estimate of drug-likeness (QED) is 0.278. The molecule has 0 heterocycles. The van der Waals surface area contributed by atoms with Crippen molar-refractivity contribution in [2.24, 2.45) is 0 Å². The molecule has 0 aliphatic heterocycles. The molecule has 1 unspecified atom stereocenters. The topological polar surface area (TPSA) is 18.5 Å². The van der Waals surface area contributed by atoms with Crippen LogP contribution >= 0.6 is 0 Å². The monoisotopic (exact) mass is 463 g/mol. The third-order valence-corrected chi connectivity index (χ3v) is 7.63. The van der Waals surface area contributed by atoms with Crippen LogP contribution in [0.2, 0.25) is 0 Å². The van der Waals surface area contributed by atoms with Gasteiger partial charge in [0, 0.05) is 6.07 Å². The number of ether oxygens (including phenoxy) is 2. The van der Waals surface area contributed by atoms with E-state index in [0.29, 0.717) is 0 Å². The van der Waals surface area contributed by atoms with Crippen LogP contribution in [0.15, 0.2) is 87.5 Å². The highest BCUT2D eigenvalue weighted by Crippen LogP contribution is 2.42. The highest BCUT2D eigenvalue weighted by atomic mass is 32.2. The smallest absolute Gasteiger partial charge is 0.483 e. The molecule has 0 N–H and O–H groups in total. The maximum atomic E-state index is 13.6. The second-order valence-corrected chi connectivity index (χ2v) is 10.0. The van der Waals surface area contributed by atoms with Gasteiger partial charge < -0.3 is 9.47 Å². The van der Waals surface area contributed by atoms with Crippen LogP contribution in [0.1, 0.15) is 32.6 Å². The lowest BCUT2D eigenvalue weighted by molar-refractivity contribution is -0.275. The Morgan fingerprint density at radius 2 is 1.38 bits per heavy atom. The van der Waals surface area contributed by atoms with Gasteiger partial charge in [-0.05, 0) is 81.1 Å². The molecule has 4 rings (SSSR count). The molecule has 1 fully saturated rings. The van der Waals surface area contributed by atoms with Gasteiger partial charge in [0.15, 0.2) is 26.2 Å². The first-order valence-electron chi connectivity index (χ1n) is 10.4. The summed E-state index contributed by atoms with van der Waals surface area (Å²) in [7, 11) is -0.665. The summed E-state index contributed by atoms with van der Waals surface area (Å²) in [6.07, 6.45) is -1.35. The minimum atomic E-state index is -4.83. The van der Waals surface area contributed by atoms with Gasteiger partial charge in [0.25, 0.3) is 0 Å². The lowest BCUT2D eigenvalue weighted by atomic mass is 10.1. The fourth-order valence-electron chi connectivity index (χ4n) is 3.93. The third-order valence-electron chi connectivity index (χ3n) is 5.42. The summed E-state index contributed by atoms with van der Waals surface area (Å²) in [6.45, 7) is 1.92. The normalized spacial score (nSPS) is 16.5. The number of halogens is 4. The first-order chi connectivity index (χ1) is 15.2. The SMILES string of the molecule is CC1(Oc2cc([S+](c3ccccc3)c3ccc(F)cc3)ccc2OC(F)(F)F)CCCC1. The fraction of sp³-hybridized carbons (Fsp3) is 0.280. The van der Waals surface area contributed by atoms with E-state index in [1.54, 1.807) is 24.3 Å². The van der Waals surface area contributed by atoms with Gasteiger partial charge >= 0.3 is 6.36 Å². The van der Waals surface area contributed by atoms with Crippen molar-refractivity contribution in [2.45, 2.75) is 59.3 Å². The van der Waals surface area contributed by atoms with Gasteiger partial charge in [-0.25, -0.2) is 4.39 Å². The second kappa shape index (κ2) is 9.06. The summed E-state index contributed by atoms with van der Waals surface area (Å²) in [4.78, 5) is 2.57. The minimum absolute atomic E-state index is 0.0692. The molecule has 32 heavy (non-hydrogen) atoms. The fourth-order valence-corrected chi connectivity index (χ4v) is 6.01. The molecule has 0 amide bonds. The molecule has 0 bridgehead atoms. The van der Waals surface area contributed by atoms with Crippen LogP contribution in [0.3, 0.4) is 0 Å². The van der Waals surface area contributed by atoms with Crippen molar-refractivity contribution in [1.82, 2.24) is 0 Å². The molecule has 0 saturated heterocycles. The van der Waals surface area contributed by atoms with E-state index >= 15 is 0 Å². The van der Waals surface area contributed by atoms with Gasteiger partial charge in [0.2, 0.25) is 0 Å². The average molecular weight is 464 g/mol. The van der Waals surface area contributed by atoms with Crippen molar-refractivity contribution in [2.75, 3.05) is 0 Å². The van der Waals surface area contributed by atoms with E-state index in [1.807, 2.05) is 37.3 Å². The molecule has 3 aromatic rings. The van der Waals surface area contributed by atoms with Gasteiger partial charge in [-0.2, -0.15) is 0 Å². The van der Waals surface area contributed by atoms with Crippen LogP contribution in [0.25, 0.3) is 0 Å². The summed E-state index contributed by atoms with van der Waals surface area (Å²) in [5.41, 5.74) is -0.538. The lowest BCUT2D eigenvalue weighted by Crippen LogP contribution is -2.29. The van der Waals surface area contributed by atoms with E-state index < -0.39 is 22.9 Å². The predicted molar refractivity (Wildman–Crippen MR) is 116 cm³/mol. The van der Waals surface area contributed by atoms with Crippen LogP contribution in [-0.2, 0) is 10.9 Å². The molecular formula is C25H23F4O2S+. The molecule has 1 atom stereocenters. The number of alkyl halides is 3. The van der Waals surface area contributed by atoms with Crippen molar-refractivity contribution < 1.29 is 27.0 Å². The Balaban J connectivity index is 1.80. The summed E-state index contributed by atoms with van der Waals surface area (Å²) in [6, 6.07) is 20.3. The molecule has 0 aromatic heterocycles. The Hall–Kier alpha value is -2.67. The maximum Gasteiger partial charge on any atom is 0.573 e. The van der Waals surface area contributed by atoms with Crippen molar-refractivity contribution in [3.8, 4) is 11.5 Å². The van der Waals surface area contributed by atoms with E-state index in [9.17, 15) is 17.6 Å². The predicted octanol–water partition coefficient (Wildman–Crippen LogP) is 7.53. The zero-order valence-corrected chi connectivity index (χ0v) is 18.3. The minimum Gasteiger partial charge on any atom is -0.483 e. The zero-order valence-electron chi connectivity index (χ0n) is 17.5. The van der Waals surface area contributed by atoms with Crippen molar-refractivity contribution in [3.63, 3.8) is 0 Å². The molecule has 2 nitrogen and oxygen atoms in total. The van der Waals surface area contributed by atoms with Gasteiger partial charge in [0.05, 0.1) is 10.9 Å². The highest BCUT2D eigenvalue weighted by molar-refractivity contribution is 7.97. The number of benzene rings is 3. The van der Waals surface area contributed by atoms with E-state index in [1.165, 1.54) is 18.2 Å². The zero-order chi connectivity index (χ0) is 22.8. The Labute approximate surface area is 187 Å². The third kappa shape index (κ3) is 5.38. The number of hydrogen-bond acceptors (Lipinski definition) is 2. The highest BCUT2D eigenvalue weighted by Gasteiger charge is 2.37. The van der Waals surface area contributed by atoms with E-state index in [-0.39, 0.29) is 17.3 Å². The van der Waals surface area contributed by atoms with Gasteiger partial charge in [-0.15, -0.1) is 13.2 Å². The molecule has 1 aliphatic rings. The van der Waals surface area contributed by atoms with Crippen molar-refractivity contribution in [1.29, 1.82) is 0 Å². The molecule has 0 radical (unpaired) electrons. The van der Waals surface area contributed by atoms with Crippen LogP contribution in [0.5, 0.6) is 11.5 Å². The standard InChI is InChI=1S/C25H23F4O2S/c1-24(15-5-6-16-24)30-23-17-21(13-14-22(23)31-25(27,28)29)32(19-7-3-2-4-8-19)20-11-9-18(26)10-12-20/h2-4,7-14,17H,5-6,15-16H2,1H3/q+1. The molecule has 7 heteroatoms. The summed E-state index contributed by atoms with van der Waals surface area (Å²) in [5.74, 6) is -0.637. The molecule has 1 saturated carbocycles. The number of hydrogen-bond donors (Lipinski definition) is 0. The Bertz CT molecular complexity index is 1050. The Kier molecular flexibility index (Phi) is 6.38. The maximum absolute atomic E-state index is 13.6. The van der Waals surface area contributed by atoms with E-state index in [2.05, 4.69) is 4.74 Å². The number of rotatable bonds is 6. The molecule has 1 aliphatic carbocycles. The lowest BCUT2D eigenvalue weighted by Gasteiger charge is -2.27. The Morgan fingerprint density at radius 1 is 0.781 bits per heavy atom. The second-order valence-electron chi connectivity index (χ2n) is 7.99. The van der Waals surface area contributed by atoms with Crippen LogP contribution < -0.4 is 9.47 Å². The van der Waals surface area contributed by atoms with Crippen molar-refractivity contribution >= 4 is 10.9 Å². The van der Waals surface area contributed by atoms with Crippen LogP contribution in [0.4, 0.5) is 17.6 Å². The summed E-state index contributed by atoms with van der Waals surface area (Å²) >= 11 is 0. The summed E-state index contributed by atoms with van der Waals surface area (Å²) in [5, 5.41) is 0. The summed E-state index contributed by atoms with van der Waals surface area (Å²) < 4.78 is 63.1. The Morgan fingerprint density at radius 3 is 2.00 bits per heavy atom. The molecular weight excluding hydrogens is 440 g/mol. The van der Waals surface area contributed by atoms with Crippen molar-refractivity contribution in [3.05, 3.63) is 78.6 Å². The average Bonchev–Trinajstić information content (AvgIpc) is 3.17. The van der Waals surface area contributed by atoms with Gasteiger partial charge in [0.1, 0.15) is 11.4 Å². The molecule has 168 valence electrons. The van der Waals surface area contributed by atoms with Crippen LogP contribution in [-0.4, -0.2) is 12.0 Å². The van der Waals surface area contributed by atoms with Gasteiger partial charge in [-0.1, -0.05) is 18.2 Å². The largest absolute Gasteiger partial charge is 0.573 e. The molecule has 3 aromatic carbocycles. The van der Waals surface area contributed by atoms with Gasteiger partial charge in [-0.3, -0.25) is 0 Å². The first kappa shape index (κ1) is 22.5. The molecule has 0 spiro atoms.